The Bertz CT molecular complexity index is 669. The maximum Gasteiger partial charge on any atom is 0.161 e. The number of hydrogen-bond donors (Lipinski definition) is 1. The van der Waals surface area contributed by atoms with Gasteiger partial charge in [0, 0.05) is 17.3 Å². The van der Waals surface area contributed by atoms with Crippen LogP contribution in [0.2, 0.25) is 5.02 Å². The predicted molar refractivity (Wildman–Crippen MR) is 88.9 cm³/mol. The number of pyridine rings is 1. The van der Waals surface area contributed by atoms with Gasteiger partial charge in [0.15, 0.2) is 5.17 Å². The van der Waals surface area contributed by atoms with Gasteiger partial charge in [-0.1, -0.05) is 37.2 Å². The summed E-state index contributed by atoms with van der Waals surface area (Å²) in [5.41, 5.74) is 1.84. The number of nitrogens with zero attached hydrogens (tertiary/aromatic N) is 2. The van der Waals surface area contributed by atoms with E-state index >= 15 is 0 Å². The standard InChI is InChI=1S/C15H16ClN3S/c1-9(2)13-8-20-15(19-13)18-12-6-5-11(16)10-4-3-7-17-14(10)12/h3-7,9,13H,8H2,1-2H3,(H,18,19). The van der Waals surface area contributed by atoms with Gasteiger partial charge in [-0.3, -0.25) is 9.98 Å². The van der Waals surface area contributed by atoms with E-state index in [1.54, 1.807) is 18.0 Å². The first-order chi connectivity index (χ1) is 9.65. The molecule has 1 N–H and O–H groups in total. The fraction of sp³-hybridized carbons (Fsp3) is 0.333. The number of benzene rings is 1. The van der Waals surface area contributed by atoms with E-state index in [0.717, 1.165) is 32.5 Å². The molecule has 1 aliphatic heterocycles. The van der Waals surface area contributed by atoms with Crippen LogP contribution >= 0.6 is 23.4 Å². The second-order valence-electron chi connectivity index (χ2n) is 5.18. The highest BCUT2D eigenvalue weighted by Gasteiger charge is 2.21. The monoisotopic (exact) mass is 305 g/mol. The lowest BCUT2D eigenvalue weighted by Gasteiger charge is -2.09. The summed E-state index contributed by atoms with van der Waals surface area (Å²) in [5.74, 6) is 1.61. The van der Waals surface area contributed by atoms with E-state index in [1.807, 2.05) is 24.3 Å². The van der Waals surface area contributed by atoms with Crippen LogP contribution in [-0.2, 0) is 0 Å². The van der Waals surface area contributed by atoms with Gasteiger partial charge in [0.25, 0.3) is 0 Å². The Kier molecular flexibility index (Phi) is 3.85. The molecule has 0 saturated carbocycles. The first-order valence-electron chi connectivity index (χ1n) is 6.66. The summed E-state index contributed by atoms with van der Waals surface area (Å²) in [7, 11) is 0. The van der Waals surface area contributed by atoms with Gasteiger partial charge < -0.3 is 5.32 Å². The highest BCUT2D eigenvalue weighted by Crippen LogP contribution is 2.30. The molecule has 0 aliphatic carbocycles. The summed E-state index contributed by atoms with van der Waals surface area (Å²) in [4.78, 5) is 9.15. The van der Waals surface area contributed by atoms with Crippen LogP contribution in [0, 0.1) is 5.92 Å². The maximum absolute atomic E-state index is 6.21. The van der Waals surface area contributed by atoms with Gasteiger partial charge in [0.1, 0.15) is 0 Å². The number of rotatable bonds is 2. The SMILES string of the molecule is CC(C)C1CSC(Nc2ccc(Cl)c3cccnc23)=N1. The van der Waals surface area contributed by atoms with Crippen molar-refractivity contribution < 1.29 is 0 Å². The van der Waals surface area contributed by atoms with E-state index in [0.29, 0.717) is 12.0 Å². The van der Waals surface area contributed by atoms with Crippen molar-refractivity contribution in [3.05, 3.63) is 35.5 Å². The summed E-state index contributed by atoms with van der Waals surface area (Å²) < 4.78 is 0. The molecular weight excluding hydrogens is 290 g/mol. The Morgan fingerprint density at radius 1 is 1.35 bits per heavy atom. The molecule has 3 nitrogen and oxygen atoms in total. The molecule has 0 fully saturated rings. The molecule has 3 rings (SSSR count). The smallest absolute Gasteiger partial charge is 0.161 e. The minimum absolute atomic E-state index is 0.397. The molecule has 1 atom stereocenters. The number of aliphatic imine (C=N–C) groups is 1. The van der Waals surface area contributed by atoms with Gasteiger partial charge in [0.2, 0.25) is 0 Å². The molecular formula is C15H16ClN3S. The molecule has 5 heteroatoms. The molecule has 0 bridgehead atoms. The predicted octanol–water partition coefficient (Wildman–Crippen LogP) is 4.43. The second-order valence-corrected chi connectivity index (χ2v) is 6.59. The zero-order valence-corrected chi connectivity index (χ0v) is 13.0. The third-order valence-electron chi connectivity index (χ3n) is 3.40. The van der Waals surface area contributed by atoms with Crippen molar-refractivity contribution in [2.24, 2.45) is 10.9 Å². The van der Waals surface area contributed by atoms with Crippen molar-refractivity contribution in [3.63, 3.8) is 0 Å². The Morgan fingerprint density at radius 3 is 2.95 bits per heavy atom. The van der Waals surface area contributed by atoms with Gasteiger partial charge in [0.05, 0.1) is 22.3 Å². The van der Waals surface area contributed by atoms with Gasteiger partial charge in [-0.05, 0) is 30.2 Å². The minimum Gasteiger partial charge on any atom is -0.333 e. The van der Waals surface area contributed by atoms with Crippen LogP contribution in [-0.4, -0.2) is 21.9 Å². The Morgan fingerprint density at radius 2 is 2.20 bits per heavy atom. The van der Waals surface area contributed by atoms with Crippen molar-refractivity contribution in [2.75, 3.05) is 11.1 Å². The summed E-state index contributed by atoms with van der Waals surface area (Å²) in [6.07, 6.45) is 1.78. The molecule has 0 radical (unpaired) electrons. The second kappa shape index (κ2) is 5.62. The first kappa shape index (κ1) is 13.7. The van der Waals surface area contributed by atoms with Crippen LogP contribution < -0.4 is 5.32 Å². The Balaban J connectivity index is 1.93. The lowest BCUT2D eigenvalue weighted by molar-refractivity contribution is 0.543. The molecule has 20 heavy (non-hydrogen) atoms. The van der Waals surface area contributed by atoms with Crippen LogP contribution in [0.25, 0.3) is 10.9 Å². The summed E-state index contributed by atoms with van der Waals surface area (Å²) >= 11 is 7.97. The zero-order chi connectivity index (χ0) is 14.1. The molecule has 0 amide bonds. The van der Waals surface area contributed by atoms with Gasteiger partial charge in [-0.2, -0.15) is 0 Å². The number of anilines is 1. The van der Waals surface area contributed by atoms with Crippen molar-refractivity contribution in [3.8, 4) is 0 Å². The van der Waals surface area contributed by atoms with Gasteiger partial charge in [-0.25, -0.2) is 0 Å². The molecule has 1 aromatic carbocycles. The molecule has 104 valence electrons. The lowest BCUT2D eigenvalue weighted by Crippen LogP contribution is -2.12. The van der Waals surface area contributed by atoms with E-state index in [-0.39, 0.29) is 0 Å². The van der Waals surface area contributed by atoms with Gasteiger partial charge >= 0.3 is 0 Å². The zero-order valence-electron chi connectivity index (χ0n) is 11.4. The average molecular weight is 306 g/mol. The molecule has 1 unspecified atom stereocenters. The van der Waals surface area contributed by atoms with E-state index in [4.69, 9.17) is 16.6 Å². The van der Waals surface area contributed by atoms with Crippen molar-refractivity contribution in [1.82, 2.24) is 4.98 Å². The number of amidine groups is 1. The number of hydrogen-bond acceptors (Lipinski definition) is 4. The average Bonchev–Trinajstić information content (AvgIpc) is 2.91. The van der Waals surface area contributed by atoms with E-state index < -0.39 is 0 Å². The normalized spacial score (nSPS) is 18.6. The fourth-order valence-corrected chi connectivity index (χ4v) is 3.55. The van der Waals surface area contributed by atoms with E-state index in [1.165, 1.54) is 0 Å². The number of thioether (sulfide) groups is 1. The van der Waals surface area contributed by atoms with Crippen molar-refractivity contribution in [1.29, 1.82) is 0 Å². The van der Waals surface area contributed by atoms with Crippen LogP contribution in [0.3, 0.4) is 0 Å². The van der Waals surface area contributed by atoms with Crippen molar-refractivity contribution >= 4 is 45.1 Å². The summed E-state index contributed by atoms with van der Waals surface area (Å²) in [6, 6.07) is 8.14. The van der Waals surface area contributed by atoms with Crippen LogP contribution in [0.15, 0.2) is 35.5 Å². The quantitative estimate of drug-likeness (QED) is 0.892. The number of fused-ring (bicyclic) bond motifs is 1. The highest BCUT2D eigenvalue weighted by molar-refractivity contribution is 8.14. The largest absolute Gasteiger partial charge is 0.333 e. The van der Waals surface area contributed by atoms with Crippen LogP contribution in [0.4, 0.5) is 5.69 Å². The molecule has 0 saturated heterocycles. The molecule has 1 aromatic heterocycles. The molecule has 2 heterocycles. The molecule has 0 spiro atoms. The summed E-state index contributed by atoms with van der Waals surface area (Å²) in [5, 5.41) is 6.04. The number of nitrogens with one attached hydrogen (secondary N) is 1. The third-order valence-corrected chi connectivity index (χ3v) is 4.72. The molecule has 2 aromatic rings. The first-order valence-corrected chi connectivity index (χ1v) is 8.02. The van der Waals surface area contributed by atoms with Crippen molar-refractivity contribution in [2.45, 2.75) is 19.9 Å². The van der Waals surface area contributed by atoms with Crippen LogP contribution in [0.1, 0.15) is 13.8 Å². The van der Waals surface area contributed by atoms with Crippen LogP contribution in [0.5, 0.6) is 0 Å². The topological polar surface area (TPSA) is 37.3 Å². The van der Waals surface area contributed by atoms with E-state index in [9.17, 15) is 0 Å². The Labute approximate surface area is 127 Å². The fourth-order valence-electron chi connectivity index (χ4n) is 2.15. The maximum atomic E-state index is 6.21. The minimum atomic E-state index is 0.397. The lowest BCUT2D eigenvalue weighted by atomic mass is 10.1. The number of aromatic nitrogens is 1. The number of halogens is 1. The Hall–Kier alpha value is -1.26. The van der Waals surface area contributed by atoms with E-state index in [2.05, 4.69) is 24.1 Å². The highest BCUT2D eigenvalue weighted by atomic mass is 35.5. The van der Waals surface area contributed by atoms with Gasteiger partial charge in [-0.15, -0.1) is 0 Å². The summed E-state index contributed by atoms with van der Waals surface area (Å²) in [6.45, 7) is 4.41. The molecule has 1 aliphatic rings. The third kappa shape index (κ3) is 2.63.